The van der Waals surface area contributed by atoms with Crippen LogP contribution in [0.5, 0.6) is 0 Å². The number of furan rings is 1. The van der Waals surface area contributed by atoms with Crippen molar-refractivity contribution in [3.05, 3.63) is 109 Å². The average Bonchev–Trinajstić information content (AvgIpc) is 3.32. The lowest BCUT2D eigenvalue weighted by molar-refractivity contribution is 0.474. The number of para-hydroxylation sites is 1. The van der Waals surface area contributed by atoms with Crippen molar-refractivity contribution in [1.82, 2.24) is 9.29 Å². The van der Waals surface area contributed by atoms with Gasteiger partial charge in [0.2, 0.25) is 10.0 Å². The molecule has 8 nitrogen and oxygen atoms in total. The summed E-state index contributed by atoms with van der Waals surface area (Å²) in [4.78, 5) is 3.59. The van der Waals surface area contributed by atoms with Crippen LogP contribution in [0.2, 0.25) is 0 Å². The van der Waals surface area contributed by atoms with Crippen LogP contribution in [0.4, 0.5) is 5.69 Å². The van der Waals surface area contributed by atoms with Gasteiger partial charge in [0.15, 0.2) is 0 Å². The second-order valence-electron chi connectivity index (χ2n) is 7.99. The molecule has 0 bridgehead atoms. The van der Waals surface area contributed by atoms with Gasteiger partial charge in [-0.1, -0.05) is 54.6 Å². The zero-order valence-electron chi connectivity index (χ0n) is 19.8. The van der Waals surface area contributed by atoms with Crippen LogP contribution in [0, 0.1) is 0 Å². The Labute approximate surface area is 216 Å². The predicted molar refractivity (Wildman–Crippen MR) is 147 cm³/mol. The third-order valence-electron chi connectivity index (χ3n) is 5.38. The first-order chi connectivity index (χ1) is 17.7. The monoisotopic (exact) mass is 535 g/mol. The average molecular weight is 536 g/mol. The van der Waals surface area contributed by atoms with E-state index in [0.717, 1.165) is 32.4 Å². The number of anilines is 1. The standard InChI is InChI=1S/C27H25N3O5S2/c1-3-16-30(17-4-2)37(33,34)27-20-28-15-13-24(27)29-36(31,32)18-14-21-9-11-22(12-10-21)26-19-23-7-5-6-8-25(23)35-26/h3-15,18-20H,1-2,16-17H2,(H,28,29). The summed E-state index contributed by atoms with van der Waals surface area (Å²) >= 11 is 0. The van der Waals surface area contributed by atoms with Crippen molar-refractivity contribution in [2.75, 3.05) is 17.8 Å². The first kappa shape index (κ1) is 26.1. The Morgan fingerprint density at radius 1 is 0.946 bits per heavy atom. The number of benzene rings is 2. The lowest BCUT2D eigenvalue weighted by atomic mass is 10.1. The minimum absolute atomic E-state index is 0.0271. The molecule has 4 rings (SSSR count). The zero-order valence-corrected chi connectivity index (χ0v) is 21.5. The Bertz CT molecular complexity index is 1630. The normalized spacial score (nSPS) is 12.2. The number of fused-ring (bicyclic) bond motifs is 1. The van der Waals surface area contributed by atoms with Crippen LogP contribution in [0.3, 0.4) is 0 Å². The van der Waals surface area contributed by atoms with Gasteiger partial charge >= 0.3 is 0 Å². The SMILES string of the molecule is C=CCN(CC=C)S(=O)(=O)c1cnccc1NS(=O)(=O)C=Cc1ccc(-c2cc3ccccc3o2)cc1. The van der Waals surface area contributed by atoms with E-state index in [0.29, 0.717) is 11.3 Å². The van der Waals surface area contributed by atoms with Gasteiger partial charge in [-0.25, -0.2) is 16.8 Å². The minimum atomic E-state index is -4.07. The van der Waals surface area contributed by atoms with Crippen LogP contribution in [0.15, 0.2) is 113 Å². The van der Waals surface area contributed by atoms with Crippen molar-refractivity contribution in [2.24, 2.45) is 0 Å². The van der Waals surface area contributed by atoms with Crippen LogP contribution in [-0.4, -0.2) is 39.2 Å². The maximum Gasteiger partial charge on any atom is 0.255 e. The van der Waals surface area contributed by atoms with Gasteiger partial charge in [-0.3, -0.25) is 9.71 Å². The predicted octanol–water partition coefficient (Wildman–Crippen LogP) is 5.27. The molecule has 0 fully saturated rings. The molecule has 0 radical (unpaired) electrons. The molecule has 0 amide bonds. The highest BCUT2D eigenvalue weighted by atomic mass is 32.2. The van der Waals surface area contributed by atoms with Gasteiger partial charge in [-0.2, -0.15) is 4.31 Å². The van der Waals surface area contributed by atoms with Crippen molar-refractivity contribution >= 4 is 42.8 Å². The molecule has 4 aromatic rings. The molecule has 10 heteroatoms. The second-order valence-corrected chi connectivity index (χ2v) is 11.5. The van der Waals surface area contributed by atoms with Crippen LogP contribution >= 0.6 is 0 Å². The number of nitrogens with zero attached hydrogens (tertiary/aromatic N) is 2. The highest BCUT2D eigenvalue weighted by Crippen LogP contribution is 2.28. The van der Waals surface area contributed by atoms with E-state index in [2.05, 4.69) is 22.9 Å². The summed E-state index contributed by atoms with van der Waals surface area (Å²) in [6.07, 6.45) is 6.70. The molecule has 2 aromatic carbocycles. The molecule has 0 saturated heterocycles. The maximum atomic E-state index is 13.1. The molecule has 0 aliphatic heterocycles. The van der Waals surface area contributed by atoms with Gasteiger partial charge in [-0.15, -0.1) is 13.2 Å². The van der Waals surface area contributed by atoms with Gasteiger partial charge < -0.3 is 4.42 Å². The summed E-state index contributed by atoms with van der Waals surface area (Å²) in [6, 6.07) is 18.1. The Kier molecular flexibility index (Phi) is 7.72. The van der Waals surface area contributed by atoms with E-state index in [-0.39, 0.29) is 23.7 Å². The van der Waals surface area contributed by atoms with Crippen LogP contribution < -0.4 is 4.72 Å². The van der Waals surface area contributed by atoms with E-state index in [9.17, 15) is 16.8 Å². The minimum Gasteiger partial charge on any atom is -0.456 e. The molecule has 190 valence electrons. The molecule has 0 aliphatic rings. The number of rotatable bonds is 11. The summed E-state index contributed by atoms with van der Waals surface area (Å²) in [5, 5.41) is 1.97. The van der Waals surface area contributed by atoms with Gasteiger partial charge in [0.05, 0.1) is 11.1 Å². The molecule has 1 N–H and O–H groups in total. The van der Waals surface area contributed by atoms with E-state index in [1.54, 1.807) is 12.1 Å². The third kappa shape index (κ3) is 6.05. The number of hydrogen-bond donors (Lipinski definition) is 1. The fourth-order valence-electron chi connectivity index (χ4n) is 3.61. The first-order valence-electron chi connectivity index (χ1n) is 11.2. The molecule has 0 atom stereocenters. The highest BCUT2D eigenvalue weighted by Gasteiger charge is 2.27. The molecular weight excluding hydrogens is 510 g/mol. The van der Waals surface area contributed by atoms with Crippen molar-refractivity contribution in [3.8, 4) is 11.3 Å². The summed E-state index contributed by atoms with van der Waals surface area (Å²) in [6.45, 7) is 7.21. The van der Waals surface area contributed by atoms with Gasteiger partial charge in [0, 0.05) is 36.4 Å². The number of hydrogen-bond acceptors (Lipinski definition) is 6. The smallest absolute Gasteiger partial charge is 0.255 e. The molecule has 37 heavy (non-hydrogen) atoms. The summed E-state index contributed by atoms with van der Waals surface area (Å²) in [5.41, 5.74) is 2.16. The van der Waals surface area contributed by atoms with Crippen LogP contribution in [-0.2, 0) is 20.0 Å². The van der Waals surface area contributed by atoms with E-state index >= 15 is 0 Å². The molecule has 0 spiro atoms. The lowest BCUT2D eigenvalue weighted by Gasteiger charge is -2.20. The van der Waals surface area contributed by atoms with E-state index < -0.39 is 20.0 Å². The number of pyridine rings is 1. The Hall–Kier alpha value is -3.99. The van der Waals surface area contributed by atoms with Crippen molar-refractivity contribution < 1.29 is 21.3 Å². The molecule has 2 heterocycles. The summed E-state index contributed by atoms with van der Waals surface area (Å²) < 4.78 is 61.2. The number of sulfonamides is 2. The molecule has 0 saturated carbocycles. The first-order valence-corrected chi connectivity index (χ1v) is 14.2. The lowest BCUT2D eigenvalue weighted by Crippen LogP contribution is -2.32. The van der Waals surface area contributed by atoms with E-state index in [1.165, 1.54) is 30.5 Å². The van der Waals surface area contributed by atoms with Crippen LogP contribution in [0.25, 0.3) is 28.4 Å². The van der Waals surface area contributed by atoms with Gasteiger partial charge in [-0.05, 0) is 29.8 Å². The van der Waals surface area contributed by atoms with Crippen molar-refractivity contribution in [3.63, 3.8) is 0 Å². The topological polar surface area (TPSA) is 110 Å². The quantitative estimate of drug-likeness (QED) is 0.262. The molecule has 2 aromatic heterocycles. The fraction of sp³-hybridized carbons (Fsp3) is 0.0741. The zero-order chi connectivity index (χ0) is 26.5. The third-order valence-corrected chi connectivity index (χ3v) is 8.24. The summed E-state index contributed by atoms with van der Waals surface area (Å²) in [7, 11) is -8.11. The molecular formula is C27H25N3O5S2. The highest BCUT2D eigenvalue weighted by molar-refractivity contribution is 7.95. The van der Waals surface area contributed by atoms with Crippen molar-refractivity contribution in [1.29, 1.82) is 0 Å². The van der Waals surface area contributed by atoms with E-state index in [1.807, 2.05) is 42.5 Å². The number of aromatic nitrogens is 1. The summed E-state index contributed by atoms with van der Waals surface area (Å²) in [5.74, 6) is 0.708. The Morgan fingerprint density at radius 2 is 1.65 bits per heavy atom. The Morgan fingerprint density at radius 3 is 2.32 bits per heavy atom. The van der Waals surface area contributed by atoms with E-state index in [4.69, 9.17) is 4.42 Å². The molecule has 0 aliphatic carbocycles. The fourth-order valence-corrected chi connectivity index (χ4v) is 6.03. The Balaban J connectivity index is 1.53. The van der Waals surface area contributed by atoms with Gasteiger partial charge in [0.25, 0.3) is 10.0 Å². The molecule has 0 unspecified atom stereocenters. The largest absolute Gasteiger partial charge is 0.456 e. The van der Waals surface area contributed by atoms with Gasteiger partial charge in [0.1, 0.15) is 16.2 Å². The number of nitrogens with one attached hydrogen (secondary N) is 1. The second kappa shape index (κ2) is 11.0. The van der Waals surface area contributed by atoms with Crippen LogP contribution in [0.1, 0.15) is 5.56 Å². The van der Waals surface area contributed by atoms with Crippen molar-refractivity contribution in [2.45, 2.75) is 4.90 Å². The maximum absolute atomic E-state index is 13.1.